The van der Waals surface area contributed by atoms with Crippen LogP contribution in [0.3, 0.4) is 0 Å². The van der Waals surface area contributed by atoms with Gasteiger partial charge in [-0.05, 0) is 78.6 Å². The van der Waals surface area contributed by atoms with Crippen LogP contribution in [-0.2, 0) is 24.1 Å². The number of ether oxygens (including phenoxy) is 2. The zero-order valence-corrected chi connectivity index (χ0v) is 23.1. The molecule has 0 radical (unpaired) electrons. The standard InChI is InChI=1S/C32H27BrO4S/c33-31-28-19-29(36-13-11-24-12-14-38-21-24)26(15-22-7-3-1-4-8-22)17-25(28)18-27(32(31)37-20-30(34)35)16-23-9-5-2-6-10-23/h1-10,12,14,17-19,21H,11,13,15-16,20H2,(H,34,35). The number of rotatable bonds is 11. The van der Waals surface area contributed by atoms with Crippen LogP contribution in [0.15, 0.2) is 100 Å². The average molecular weight is 588 g/mol. The van der Waals surface area contributed by atoms with Gasteiger partial charge in [-0.1, -0.05) is 60.7 Å². The molecule has 0 saturated carbocycles. The zero-order valence-electron chi connectivity index (χ0n) is 20.7. The van der Waals surface area contributed by atoms with Gasteiger partial charge < -0.3 is 14.6 Å². The second kappa shape index (κ2) is 12.3. The Balaban J connectivity index is 1.57. The summed E-state index contributed by atoms with van der Waals surface area (Å²) in [5, 5.41) is 15.5. The van der Waals surface area contributed by atoms with E-state index in [1.54, 1.807) is 11.3 Å². The lowest BCUT2D eigenvalue weighted by Crippen LogP contribution is -2.11. The molecule has 192 valence electrons. The maximum Gasteiger partial charge on any atom is 0.341 e. The van der Waals surface area contributed by atoms with Gasteiger partial charge in [0.25, 0.3) is 0 Å². The Kier molecular flexibility index (Phi) is 8.41. The van der Waals surface area contributed by atoms with Crippen LogP contribution in [0.2, 0.25) is 0 Å². The molecular weight excluding hydrogens is 560 g/mol. The van der Waals surface area contributed by atoms with Crippen molar-refractivity contribution in [3.8, 4) is 11.5 Å². The third kappa shape index (κ3) is 6.44. The normalized spacial score (nSPS) is 11.0. The summed E-state index contributed by atoms with van der Waals surface area (Å²) in [5.74, 6) is 0.347. The number of halogens is 1. The minimum Gasteiger partial charge on any atom is -0.493 e. The van der Waals surface area contributed by atoms with E-state index in [0.717, 1.165) is 50.5 Å². The molecule has 0 aliphatic carbocycles. The molecule has 0 aliphatic rings. The summed E-state index contributed by atoms with van der Waals surface area (Å²) in [6, 6.07) is 28.9. The average Bonchev–Trinajstić information content (AvgIpc) is 3.44. The van der Waals surface area contributed by atoms with Crippen molar-refractivity contribution in [2.24, 2.45) is 0 Å². The summed E-state index contributed by atoms with van der Waals surface area (Å²) in [6.07, 6.45) is 2.20. The van der Waals surface area contributed by atoms with Crippen LogP contribution in [0, 0.1) is 0 Å². The Bertz CT molecular complexity index is 1520. The van der Waals surface area contributed by atoms with Crippen LogP contribution >= 0.6 is 27.3 Å². The van der Waals surface area contributed by atoms with Gasteiger partial charge >= 0.3 is 5.97 Å². The highest BCUT2D eigenvalue weighted by atomic mass is 79.9. The minimum absolute atomic E-state index is 0.415. The van der Waals surface area contributed by atoms with E-state index in [-0.39, 0.29) is 0 Å². The van der Waals surface area contributed by atoms with Gasteiger partial charge in [0.1, 0.15) is 11.5 Å². The van der Waals surface area contributed by atoms with Crippen LogP contribution in [0.1, 0.15) is 27.8 Å². The van der Waals surface area contributed by atoms with E-state index in [2.05, 4.69) is 69.2 Å². The largest absolute Gasteiger partial charge is 0.493 e. The molecule has 4 nitrogen and oxygen atoms in total. The monoisotopic (exact) mass is 586 g/mol. The molecule has 4 aromatic carbocycles. The Morgan fingerprint density at radius 2 is 1.47 bits per heavy atom. The van der Waals surface area contributed by atoms with E-state index in [9.17, 15) is 9.90 Å². The first-order valence-electron chi connectivity index (χ1n) is 12.4. The van der Waals surface area contributed by atoms with Crippen molar-refractivity contribution in [1.82, 2.24) is 0 Å². The molecule has 0 aliphatic heterocycles. The molecule has 1 aromatic heterocycles. The molecular formula is C32H27BrO4S. The van der Waals surface area contributed by atoms with Crippen molar-refractivity contribution < 1.29 is 19.4 Å². The SMILES string of the molecule is O=C(O)COc1c(Cc2ccccc2)cc2cc(Cc3ccccc3)c(OCCc3ccsc3)cc2c1Br. The lowest BCUT2D eigenvalue weighted by Gasteiger charge is -2.18. The van der Waals surface area contributed by atoms with Gasteiger partial charge in [0.05, 0.1) is 11.1 Å². The first-order valence-corrected chi connectivity index (χ1v) is 14.1. The van der Waals surface area contributed by atoms with Crippen molar-refractivity contribution in [1.29, 1.82) is 0 Å². The van der Waals surface area contributed by atoms with E-state index in [1.807, 2.05) is 42.5 Å². The third-order valence-electron chi connectivity index (χ3n) is 6.33. The second-order valence-electron chi connectivity index (χ2n) is 9.10. The molecule has 0 saturated heterocycles. The van der Waals surface area contributed by atoms with E-state index >= 15 is 0 Å². The van der Waals surface area contributed by atoms with Crippen molar-refractivity contribution in [3.63, 3.8) is 0 Å². The van der Waals surface area contributed by atoms with E-state index < -0.39 is 12.6 Å². The van der Waals surface area contributed by atoms with E-state index in [4.69, 9.17) is 9.47 Å². The van der Waals surface area contributed by atoms with Crippen molar-refractivity contribution >= 4 is 44.0 Å². The predicted octanol–water partition coefficient (Wildman–Crippen LogP) is 7.93. The fraction of sp³-hybridized carbons (Fsp3) is 0.156. The Morgan fingerprint density at radius 1 is 0.816 bits per heavy atom. The Hall–Kier alpha value is -3.61. The van der Waals surface area contributed by atoms with Crippen molar-refractivity contribution in [3.05, 3.63) is 128 Å². The lowest BCUT2D eigenvalue weighted by atomic mass is 9.96. The number of fused-ring (bicyclic) bond motifs is 1. The van der Waals surface area contributed by atoms with Gasteiger partial charge in [-0.2, -0.15) is 11.3 Å². The van der Waals surface area contributed by atoms with E-state index in [0.29, 0.717) is 18.8 Å². The molecule has 6 heteroatoms. The fourth-order valence-electron chi connectivity index (χ4n) is 4.51. The fourth-order valence-corrected chi connectivity index (χ4v) is 5.92. The lowest BCUT2D eigenvalue weighted by molar-refractivity contribution is -0.139. The molecule has 5 aromatic rings. The third-order valence-corrected chi connectivity index (χ3v) is 7.85. The summed E-state index contributed by atoms with van der Waals surface area (Å²) >= 11 is 5.44. The molecule has 5 rings (SSSR count). The minimum atomic E-state index is -1.02. The van der Waals surface area contributed by atoms with Crippen molar-refractivity contribution in [2.45, 2.75) is 19.3 Å². The number of benzene rings is 4. The quantitative estimate of drug-likeness (QED) is 0.171. The second-order valence-corrected chi connectivity index (χ2v) is 10.7. The summed E-state index contributed by atoms with van der Waals surface area (Å²) in [7, 11) is 0. The maximum atomic E-state index is 11.3. The predicted molar refractivity (Wildman–Crippen MR) is 157 cm³/mol. The molecule has 0 spiro atoms. The van der Waals surface area contributed by atoms with E-state index in [1.165, 1.54) is 11.1 Å². The van der Waals surface area contributed by atoms with Crippen LogP contribution in [0.5, 0.6) is 11.5 Å². The number of carboxylic acids is 1. The number of thiophene rings is 1. The number of carboxylic acid groups (broad SMARTS) is 1. The molecule has 0 fully saturated rings. The number of carbonyl (C=O) groups is 1. The maximum absolute atomic E-state index is 11.3. The van der Waals surface area contributed by atoms with Gasteiger partial charge in [0.15, 0.2) is 6.61 Å². The molecule has 0 bridgehead atoms. The van der Waals surface area contributed by atoms with Gasteiger partial charge in [0.2, 0.25) is 0 Å². The Morgan fingerprint density at radius 3 is 2.11 bits per heavy atom. The van der Waals surface area contributed by atoms with Crippen LogP contribution in [0.4, 0.5) is 0 Å². The molecule has 1 N–H and O–H groups in total. The number of hydrogen-bond acceptors (Lipinski definition) is 4. The number of hydrogen-bond donors (Lipinski definition) is 1. The molecule has 0 amide bonds. The Labute approximate surface area is 234 Å². The smallest absolute Gasteiger partial charge is 0.341 e. The topological polar surface area (TPSA) is 55.8 Å². The first-order chi connectivity index (χ1) is 18.6. The molecule has 1 heterocycles. The highest BCUT2D eigenvalue weighted by Crippen LogP contribution is 2.41. The van der Waals surface area contributed by atoms with Gasteiger partial charge in [-0.25, -0.2) is 4.79 Å². The molecule has 0 unspecified atom stereocenters. The molecule has 38 heavy (non-hydrogen) atoms. The van der Waals surface area contributed by atoms with Gasteiger partial charge in [-0.3, -0.25) is 0 Å². The highest BCUT2D eigenvalue weighted by Gasteiger charge is 2.18. The summed E-state index contributed by atoms with van der Waals surface area (Å²) in [5.41, 5.74) is 5.62. The van der Waals surface area contributed by atoms with Crippen molar-refractivity contribution in [2.75, 3.05) is 13.2 Å². The zero-order chi connectivity index (χ0) is 26.3. The summed E-state index contributed by atoms with van der Waals surface area (Å²) < 4.78 is 12.9. The van der Waals surface area contributed by atoms with Gasteiger partial charge in [0, 0.05) is 30.2 Å². The molecule has 0 atom stereocenters. The van der Waals surface area contributed by atoms with Gasteiger partial charge in [-0.15, -0.1) is 0 Å². The highest BCUT2D eigenvalue weighted by molar-refractivity contribution is 9.10. The first kappa shape index (κ1) is 26.0. The summed E-state index contributed by atoms with van der Waals surface area (Å²) in [6.45, 7) is 0.151. The van der Waals surface area contributed by atoms with Crippen LogP contribution in [0.25, 0.3) is 10.8 Å². The summed E-state index contributed by atoms with van der Waals surface area (Å²) in [4.78, 5) is 11.3. The van der Waals surface area contributed by atoms with Crippen LogP contribution < -0.4 is 9.47 Å². The van der Waals surface area contributed by atoms with Crippen LogP contribution in [-0.4, -0.2) is 24.3 Å². The number of aliphatic carboxylic acids is 1.